The summed E-state index contributed by atoms with van der Waals surface area (Å²) in [6.07, 6.45) is 4.07. The number of rotatable bonds is 5. The Morgan fingerprint density at radius 3 is 2.23 bits per heavy atom. The van der Waals surface area contributed by atoms with E-state index in [0.29, 0.717) is 48.5 Å². The number of ketones is 1. The lowest BCUT2D eigenvalue weighted by atomic mass is 10.0. The van der Waals surface area contributed by atoms with E-state index >= 15 is 0 Å². The third-order valence-corrected chi connectivity index (χ3v) is 6.33. The van der Waals surface area contributed by atoms with Gasteiger partial charge in [0, 0.05) is 31.1 Å². The zero-order chi connectivity index (χ0) is 27.6. The van der Waals surface area contributed by atoms with Gasteiger partial charge >= 0.3 is 0 Å². The van der Waals surface area contributed by atoms with Crippen molar-refractivity contribution in [2.45, 2.75) is 38.4 Å². The Morgan fingerprint density at radius 2 is 1.54 bits per heavy atom. The summed E-state index contributed by atoms with van der Waals surface area (Å²) < 4.78 is 48.4. The number of halogens is 3. The quantitative estimate of drug-likeness (QED) is 0.403. The van der Waals surface area contributed by atoms with E-state index in [4.69, 9.17) is 18.9 Å². The van der Waals surface area contributed by atoms with E-state index in [1.54, 1.807) is 12.1 Å². The van der Waals surface area contributed by atoms with Crippen molar-refractivity contribution < 1.29 is 32.5 Å². The molecule has 3 aliphatic rings. The number of carbonyl (C=O) groups excluding carboxylic acids is 1. The molecule has 39 heavy (non-hydrogen) atoms. The highest BCUT2D eigenvalue weighted by Crippen LogP contribution is 2.23. The Balaban J connectivity index is 0.000000150. The number of fused-ring (bicyclic) bond motifs is 2. The van der Waals surface area contributed by atoms with Gasteiger partial charge in [0.25, 0.3) is 5.56 Å². The topological polar surface area (TPSA) is 101 Å². The maximum atomic E-state index is 13.3. The number of hydrogen-bond acceptors (Lipinski definition) is 8. The lowest BCUT2D eigenvalue weighted by Crippen LogP contribution is -2.23. The minimum atomic E-state index is -0.387. The normalized spacial score (nSPS) is 16.9. The second kappa shape index (κ2) is 14.5. The number of aromatic nitrogens is 2. The van der Waals surface area contributed by atoms with Crippen LogP contribution in [0.4, 0.5) is 14.5 Å². The SMILES string of the molecule is BrCCC1OCCO1.O=C1C=Nc2ccc(F)cc2C1.O=c1cnc2ccc(F)cc2n1CCC1OCCO1. The van der Waals surface area contributed by atoms with E-state index in [1.165, 1.54) is 41.2 Å². The summed E-state index contributed by atoms with van der Waals surface area (Å²) in [5, 5.41) is 0.956. The molecule has 0 saturated carbocycles. The van der Waals surface area contributed by atoms with E-state index in [9.17, 15) is 18.4 Å². The van der Waals surface area contributed by atoms with Crippen molar-refractivity contribution in [2.24, 2.45) is 4.99 Å². The predicted octanol–water partition coefficient (Wildman–Crippen LogP) is 4.10. The molecule has 0 atom stereocenters. The van der Waals surface area contributed by atoms with E-state index < -0.39 is 0 Å². The van der Waals surface area contributed by atoms with Crippen LogP contribution >= 0.6 is 15.9 Å². The number of nitrogens with zero attached hydrogens (tertiary/aromatic N) is 3. The molecule has 0 amide bonds. The number of carbonyl (C=O) groups is 1. The smallest absolute Gasteiger partial charge is 0.269 e. The molecule has 3 aliphatic heterocycles. The Morgan fingerprint density at radius 1 is 0.897 bits per heavy atom. The van der Waals surface area contributed by atoms with Gasteiger partial charge in [0.2, 0.25) is 0 Å². The van der Waals surface area contributed by atoms with E-state index in [2.05, 4.69) is 25.9 Å². The molecule has 0 bridgehead atoms. The van der Waals surface area contributed by atoms with Gasteiger partial charge < -0.3 is 23.5 Å². The molecule has 6 rings (SSSR count). The maximum Gasteiger partial charge on any atom is 0.269 e. The number of hydrogen-bond donors (Lipinski definition) is 0. The van der Waals surface area contributed by atoms with Gasteiger partial charge in [-0.3, -0.25) is 14.6 Å². The first kappa shape index (κ1) is 29.1. The highest BCUT2D eigenvalue weighted by Gasteiger charge is 2.17. The highest BCUT2D eigenvalue weighted by molar-refractivity contribution is 9.09. The Labute approximate surface area is 231 Å². The summed E-state index contributed by atoms with van der Waals surface area (Å²) >= 11 is 3.30. The summed E-state index contributed by atoms with van der Waals surface area (Å²) in [6, 6.07) is 8.47. The molecule has 4 heterocycles. The number of Topliss-reactive ketones (excluding diaryl/α,β-unsaturated/α-hetero) is 1. The van der Waals surface area contributed by atoms with Crippen LogP contribution in [0.3, 0.4) is 0 Å². The Bertz CT molecular complexity index is 1360. The fraction of sp³-hybridized carbons (Fsp3) is 0.407. The van der Waals surface area contributed by atoms with Crippen molar-refractivity contribution in [3.8, 4) is 0 Å². The molecule has 9 nitrogen and oxygen atoms in total. The Kier molecular flexibility index (Phi) is 10.8. The lowest BCUT2D eigenvalue weighted by Gasteiger charge is -2.12. The molecule has 1 aromatic heterocycles. The molecule has 12 heteroatoms. The van der Waals surface area contributed by atoms with Crippen LogP contribution in [0.1, 0.15) is 18.4 Å². The first-order valence-corrected chi connectivity index (χ1v) is 13.6. The van der Waals surface area contributed by atoms with Crippen molar-refractivity contribution in [2.75, 3.05) is 31.8 Å². The van der Waals surface area contributed by atoms with Crippen LogP contribution in [0, 0.1) is 11.6 Å². The number of aliphatic imine (C=N–C) groups is 1. The molecule has 2 aromatic carbocycles. The van der Waals surface area contributed by atoms with Crippen LogP contribution in [0.5, 0.6) is 0 Å². The Hall–Kier alpha value is -2.90. The van der Waals surface area contributed by atoms with Gasteiger partial charge in [-0.2, -0.15) is 0 Å². The van der Waals surface area contributed by atoms with Crippen molar-refractivity contribution in [1.82, 2.24) is 9.55 Å². The van der Waals surface area contributed by atoms with Gasteiger partial charge in [-0.1, -0.05) is 15.9 Å². The minimum absolute atomic E-state index is 0.0642. The van der Waals surface area contributed by atoms with Gasteiger partial charge in [-0.05, 0) is 42.0 Å². The summed E-state index contributed by atoms with van der Waals surface area (Å²) in [5.41, 5.74) is 2.19. The highest BCUT2D eigenvalue weighted by atomic mass is 79.9. The van der Waals surface area contributed by atoms with Gasteiger partial charge in [-0.25, -0.2) is 13.8 Å². The van der Waals surface area contributed by atoms with Crippen molar-refractivity contribution >= 4 is 44.6 Å². The second-order valence-corrected chi connectivity index (χ2v) is 9.46. The van der Waals surface area contributed by atoms with Crippen molar-refractivity contribution in [3.63, 3.8) is 0 Å². The van der Waals surface area contributed by atoms with Gasteiger partial charge in [-0.15, -0.1) is 0 Å². The average molecular weight is 608 g/mol. The van der Waals surface area contributed by atoms with Gasteiger partial charge in [0.05, 0.1) is 55.6 Å². The lowest BCUT2D eigenvalue weighted by molar-refractivity contribution is -0.112. The zero-order valence-electron chi connectivity index (χ0n) is 21.1. The molecule has 2 saturated heterocycles. The molecule has 0 unspecified atom stereocenters. The predicted molar refractivity (Wildman–Crippen MR) is 144 cm³/mol. The molecular formula is C27H28BrF2N3O6. The number of benzene rings is 2. The minimum Gasteiger partial charge on any atom is -0.350 e. The van der Waals surface area contributed by atoms with Gasteiger partial charge in [0.15, 0.2) is 18.4 Å². The summed E-state index contributed by atoms with van der Waals surface area (Å²) in [6.45, 7) is 3.08. The number of ether oxygens (including phenoxy) is 4. The van der Waals surface area contributed by atoms with Crippen LogP contribution < -0.4 is 5.56 Å². The average Bonchev–Trinajstić information content (AvgIpc) is 3.64. The molecular weight excluding hydrogens is 580 g/mol. The summed E-state index contributed by atoms with van der Waals surface area (Å²) in [7, 11) is 0. The molecule has 0 N–H and O–H groups in total. The van der Waals surface area contributed by atoms with Crippen LogP contribution in [0.15, 0.2) is 52.4 Å². The molecule has 0 aliphatic carbocycles. The molecule has 2 fully saturated rings. The largest absolute Gasteiger partial charge is 0.350 e. The van der Waals surface area contributed by atoms with Crippen LogP contribution in [0.25, 0.3) is 11.0 Å². The molecule has 0 spiro atoms. The standard InChI is InChI=1S/C13H13FN2O3.C9H6FNO.C5H9BrO2/c14-9-1-2-10-11(7-9)16(12(17)8-15-10)4-3-13-18-5-6-19-13;10-7-1-2-9-6(3-7)4-8(12)5-11-9;6-2-1-5-7-3-4-8-5/h1-2,7-8,13H,3-6H2;1-3,5H,4H2;5H,1-4H2. The first-order chi connectivity index (χ1) is 18.9. The fourth-order valence-electron chi connectivity index (χ4n) is 4.03. The number of alkyl halides is 1. The van der Waals surface area contributed by atoms with Crippen LogP contribution in [-0.4, -0.2) is 65.9 Å². The van der Waals surface area contributed by atoms with Crippen molar-refractivity contribution in [3.05, 3.63) is 70.1 Å². The number of aryl methyl sites for hydroxylation is 1. The second-order valence-electron chi connectivity index (χ2n) is 8.66. The van der Waals surface area contributed by atoms with E-state index in [-0.39, 0.29) is 42.0 Å². The summed E-state index contributed by atoms with van der Waals surface area (Å²) in [5.74, 6) is -0.784. The van der Waals surface area contributed by atoms with Gasteiger partial charge in [0.1, 0.15) is 11.6 Å². The van der Waals surface area contributed by atoms with Crippen LogP contribution in [-0.2, 0) is 36.7 Å². The summed E-state index contributed by atoms with van der Waals surface area (Å²) in [4.78, 5) is 30.6. The molecule has 208 valence electrons. The first-order valence-electron chi connectivity index (χ1n) is 12.5. The van der Waals surface area contributed by atoms with Crippen molar-refractivity contribution in [1.29, 1.82) is 0 Å². The molecule has 3 aromatic rings. The maximum absolute atomic E-state index is 13.3. The monoisotopic (exact) mass is 607 g/mol. The fourth-order valence-corrected chi connectivity index (χ4v) is 4.41. The van der Waals surface area contributed by atoms with Crippen LogP contribution in [0.2, 0.25) is 0 Å². The third kappa shape index (κ3) is 8.54. The third-order valence-electron chi connectivity index (χ3n) is 5.88. The van der Waals surface area contributed by atoms with E-state index in [0.717, 1.165) is 25.0 Å². The molecule has 0 radical (unpaired) electrons. The zero-order valence-corrected chi connectivity index (χ0v) is 22.6. The van der Waals surface area contributed by atoms with E-state index in [1.807, 2.05) is 0 Å².